The van der Waals surface area contributed by atoms with Gasteiger partial charge in [0.1, 0.15) is 11.5 Å². The van der Waals surface area contributed by atoms with E-state index in [0.29, 0.717) is 17.5 Å². The summed E-state index contributed by atoms with van der Waals surface area (Å²) in [5.74, 6) is 0.622. The molecule has 1 N–H and O–H groups in total. The molecule has 38 heavy (non-hydrogen) atoms. The molecule has 0 bridgehead atoms. The summed E-state index contributed by atoms with van der Waals surface area (Å²) in [6.07, 6.45) is 11.6. The molecule has 10 heteroatoms. The van der Waals surface area contributed by atoms with Gasteiger partial charge in [-0.15, -0.1) is 12.8 Å². The van der Waals surface area contributed by atoms with Crippen LogP contribution in [0.5, 0.6) is 0 Å². The molecule has 2 aromatic heterocycles. The predicted molar refractivity (Wildman–Crippen MR) is 155 cm³/mol. The molecule has 3 aliphatic rings. The van der Waals surface area contributed by atoms with Crippen LogP contribution < -0.4 is 21.2 Å². The molecule has 3 aliphatic heterocycles. The maximum absolute atomic E-state index is 12.8. The molecule has 0 spiro atoms. The van der Waals surface area contributed by atoms with Gasteiger partial charge in [0.25, 0.3) is 5.56 Å². The van der Waals surface area contributed by atoms with Gasteiger partial charge in [-0.3, -0.25) is 9.69 Å². The molecule has 0 aromatic carbocycles. The van der Waals surface area contributed by atoms with Crippen molar-refractivity contribution in [2.24, 2.45) is 7.05 Å². The highest BCUT2D eigenvalue weighted by Gasteiger charge is 2.52. The van der Waals surface area contributed by atoms with Crippen molar-refractivity contribution >= 4 is 29.8 Å². The van der Waals surface area contributed by atoms with E-state index in [4.69, 9.17) is 14.0 Å². The van der Waals surface area contributed by atoms with Crippen LogP contribution in [0.15, 0.2) is 35.4 Å². The Labute approximate surface area is 227 Å². The van der Waals surface area contributed by atoms with Crippen molar-refractivity contribution in [3.05, 3.63) is 40.9 Å². The number of ether oxygens (including phenoxy) is 1. The van der Waals surface area contributed by atoms with E-state index in [9.17, 15) is 4.79 Å². The molecule has 5 heterocycles. The van der Waals surface area contributed by atoms with Gasteiger partial charge < -0.3 is 28.8 Å². The summed E-state index contributed by atoms with van der Waals surface area (Å²) in [5.41, 5.74) is 1.28. The third-order valence-corrected chi connectivity index (χ3v) is 7.56. The maximum atomic E-state index is 12.8. The van der Waals surface area contributed by atoms with Crippen LogP contribution in [0.3, 0.4) is 0 Å². The molecule has 206 valence electrons. The summed E-state index contributed by atoms with van der Waals surface area (Å²) in [7, 11) is 1.19. The zero-order valence-electron chi connectivity index (χ0n) is 23.9. The highest BCUT2D eigenvalue weighted by Crippen LogP contribution is 2.36. The average Bonchev–Trinajstić information content (AvgIpc) is 3.11. The fraction of sp³-hybridized carbons (Fsp3) is 0.571. The van der Waals surface area contributed by atoms with Gasteiger partial charge in [-0.05, 0) is 45.9 Å². The van der Waals surface area contributed by atoms with Crippen molar-refractivity contribution in [2.75, 3.05) is 49.6 Å². The lowest BCUT2D eigenvalue weighted by atomic mass is 9.80. The summed E-state index contributed by atoms with van der Waals surface area (Å²) in [6.45, 7) is 17.8. The van der Waals surface area contributed by atoms with E-state index < -0.39 is 18.3 Å². The van der Waals surface area contributed by atoms with Gasteiger partial charge in [-0.25, -0.2) is 4.98 Å². The van der Waals surface area contributed by atoms with Crippen LogP contribution in [0.1, 0.15) is 41.5 Å². The molecule has 9 nitrogen and oxygen atoms in total. The molecule has 3 saturated heterocycles. The van der Waals surface area contributed by atoms with Crippen molar-refractivity contribution in [1.82, 2.24) is 14.5 Å². The predicted octanol–water partition coefficient (Wildman–Crippen LogP) is 2.62. The smallest absolute Gasteiger partial charge is 0.399 e. The van der Waals surface area contributed by atoms with Gasteiger partial charge in [-0.1, -0.05) is 13.8 Å². The molecule has 0 saturated carbocycles. The number of terminal acetylenes is 1. The summed E-state index contributed by atoms with van der Waals surface area (Å²) in [6, 6.07) is 6.36. The minimum absolute atomic E-state index is 0.137. The zero-order valence-corrected chi connectivity index (χ0v) is 23.9. The van der Waals surface area contributed by atoms with E-state index >= 15 is 0 Å². The molecule has 0 radical (unpaired) electrons. The van der Waals surface area contributed by atoms with E-state index in [-0.39, 0.29) is 5.56 Å². The van der Waals surface area contributed by atoms with E-state index in [1.165, 1.54) is 0 Å². The number of nitrogens with zero attached hydrogens (tertiary/aromatic N) is 4. The van der Waals surface area contributed by atoms with Gasteiger partial charge in [-0.2, -0.15) is 0 Å². The molecule has 0 unspecified atom stereocenters. The number of aryl methyl sites for hydroxylation is 1. The highest BCUT2D eigenvalue weighted by atomic mass is 16.7. The lowest BCUT2D eigenvalue weighted by molar-refractivity contribution is -0.0660. The number of hydrogen-bond acceptors (Lipinski definition) is 8. The normalized spacial score (nSPS) is 20.4. The van der Waals surface area contributed by atoms with E-state index in [1.54, 1.807) is 23.9 Å². The van der Waals surface area contributed by atoms with E-state index in [2.05, 4.69) is 39.0 Å². The second-order valence-electron chi connectivity index (χ2n) is 10.4. The summed E-state index contributed by atoms with van der Waals surface area (Å²) >= 11 is 0. The molecule has 0 atom stereocenters. The minimum atomic E-state index is -0.544. The number of rotatable bonds is 5. The van der Waals surface area contributed by atoms with Crippen molar-refractivity contribution in [1.29, 1.82) is 0 Å². The topological polar surface area (TPSA) is 81.1 Å². The second-order valence-corrected chi connectivity index (χ2v) is 10.4. The molecular weight excluding hydrogens is 481 g/mol. The Morgan fingerprint density at radius 2 is 1.63 bits per heavy atom. The number of aromatic nitrogens is 2. The van der Waals surface area contributed by atoms with Crippen LogP contribution in [0, 0.1) is 12.8 Å². The fourth-order valence-electron chi connectivity index (χ4n) is 4.50. The third-order valence-electron chi connectivity index (χ3n) is 7.56. The molecule has 5 rings (SSSR count). The molecule has 0 amide bonds. The number of piperazine rings is 1. The van der Waals surface area contributed by atoms with Crippen LogP contribution in [0.25, 0.3) is 0 Å². The van der Waals surface area contributed by atoms with Gasteiger partial charge in [0, 0.05) is 44.9 Å². The van der Waals surface area contributed by atoms with Crippen molar-refractivity contribution in [2.45, 2.75) is 58.8 Å². The Morgan fingerprint density at radius 1 is 1.03 bits per heavy atom. The quantitative estimate of drug-likeness (QED) is 0.474. The lowest BCUT2D eigenvalue weighted by Crippen LogP contribution is -2.56. The van der Waals surface area contributed by atoms with E-state index in [0.717, 1.165) is 50.5 Å². The Hall–Kier alpha value is -2.84. The van der Waals surface area contributed by atoms with Crippen molar-refractivity contribution in [3.63, 3.8) is 0 Å². The largest absolute Gasteiger partial charge is 0.496 e. The number of hydrogen-bond donors (Lipinski definition) is 1. The van der Waals surface area contributed by atoms with Gasteiger partial charge in [0.2, 0.25) is 0 Å². The standard InChI is InChI=1S/C24H34BN5O4.C2H6.C2H2/c1-23(2)24(3,4)34-25(33-23)17-12-20(22(31)28(5)14-17)27-21-7-6-18(13-26-21)29-8-10-30(11-9-29)19-15-32-16-19;2*1-2/h6-7,12-14,19H,8-11,15-16H2,1-5H3,(H,26,27);1-2H3;1-2H. The molecule has 2 aromatic rings. The first-order valence-corrected chi connectivity index (χ1v) is 13.3. The van der Waals surface area contributed by atoms with Crippen LogP contribution in [-0.2, 0) is 21.1 Å². The Balaban J connectivity index is 0.000000956. The Morgan fingerprint density at radius 3 is 2.13 bits per heavy atom. The van der Waals surface area contributed by atoms with E-state index in [1.807, 2.05) is 53.8 Å². The third kappa shape index (κ3) is 6.24. The van der Waals surface area contributed by atoms with Crippen molar-refractivity contribution in [3.8, 4) is 12.8 Å². The van der Waals surface area contributed by atoms with Gasteiger partial charge >= 0.3 is 7.12 Å². The fourth-order valence-corrected chi connectivity index (χ4v) is 4.50. The minimum Gasteiger partial charge on any atom is -0.399 e. The Kier molecular flexibility index (Phi) is 9.66. The van der Waals surface area contributed by atoms with Gasteiger partial charge in [0.15, 0.2) is 0 Å². The Bertz CT molecular complexity index is 1120. The first-order chi connectivity index (χ1) is 18.1. The monoisotopic (exact) mass is 523 g/mol. The molecule has 0 aliphatic carbocycles. The molecule has 3 fully saturated rings. The first-order valence-electron chi connectivity index (χ1n) is 13.3. The summed E-state index contributed by atoms with van der Waals surface area (Å²) < 4.78 is 19.2. The zero-order chi connectivity index (χ0) is 28.1. The SMILES string of the molecule is C#C.CC.Cn1cc(B2OC(C)(C)C(C)(C)O2)cc(Nc2ccc(N3CCN(C4COC4)CC3)cn2)c1=O. The van der Waals surface area contributed by atoms with Crippen LogP contribution >= 0.6 is 0 Å². The highest BCUT2D eigenvalue weighted by molar-refractivity contribution is 6.62. The number of pyridine rings is 2. The van der Waals surface area contributed by atoms with Gasteiger partial charge in [0.05, 0.1) is 42.3 Å². The molecular formula is C28H42BN5O4. The number of nitrogens with one attached hydrogen (secondary N) is 1. The summed E-state index contributed by atoms with van der Waals surface area (Å²) in [4.78, 5) is 22.2. The average molecular weight is 523 g/mol. The van der Waals surface area contributed by atoms with Crippen LogP contribution in [-0.4, -0.2) is 78.2 Å². The maximum Gasteiger partial charge on any atom is 0.496 e. The van der Waals surface area contributed by atoms with Crippen LogP contribution in [0.4, 0.5) is 17.2 Å². The number of anilines is 3. The van der Waals surface area contributed by atoms with Crippen LogP contribution in [0.2, 0.25) is 0 Å². The summed E-state index contributed by atoms with van der Waals surface area (Å²) in [5, 5.41) is 3.19. The second kappa shape index (κ2) is 12.3. The lowest BCUT2D eigenvalue weighted by Gasteiger charge is -2.43. The first kappa shape index (κ1) is 29.7. The van der Waals surface area contributed by atoms with Crippen molar-refractivity contribution < 1.29 is 14.0 Å².